The van der Waals surface area contributed by atoms with E-state index in [1.54, 1.807) is 12.1 Å². The van der Waals surface area contributed by atoms with E-state index in [2.05, 4.69) is 26.1 Å². The van der Waals surface area contributed by atoms with Crippen molar-refractivity contribution in [2.24, 2.45) is 0 Å². The lowest BCUT2D eigenvalue weighted by atomic mass is 9.86. The van der Waals surface area contributed by atoms with Crippen LogP contribution < -0.4 is 5.32 Å². The molecule has 0 aliphatic carbocycles. The molecule has 1 N–H and O–H groups in total. The number of thioether (sulfide) groups is 1. The molecule has 0 saturated carbocycles. The van der Waals surface area contributed by atoms with Crippen LogP contribution in [0.25, 0.3) is 0 Å². The van der Waals surface area contributed by atoms with Gasteiger partial charge in [0.2, 0.25) is 11.8 Å². The summed E-state index contributed by atoms with van der Waals surface area (Å²) in [4.78, 5) is 39.0. The van der Waals surface area contributed by atoms with Crippen molar-refractivity contribution < 1.29 is 14.4 Å². The highest BCUT2D eigenvalue weighted by atomic mass is 32.2. The third-order valence-corrected chi connectivity index (χ3v) is 6.41. The fraction of sp³-hybridized carbons (Fsp3) is 0.320. The van der Waals surface area contributed by atoms with Crippen molar-refractivity contribution >= 4 is 35.0 Å². The van der Waals surface area contributed by atoms with Crippen molar-refractivity contribution in [3.63, 3.8) is 0 Å². The molecule has 1 aliphatic heterocycles. The first-order valence-corrected chi connectivity index (χ1v) is 11.2. The van der Waals surface area contributed by atoms with Crippen LogP contribution >= 0.6 is 11.8 Å². The minimum absolute atomic E-state index is 0.00751. The summed E-state index contributed by atoms with van der Waals surface area (Å²) in [6.07, 6.45) is 1.45. The van der Waals surface area contributed by atoms with E-state index in [1.807, 2.05) is 44.2 Å². The van der Waals surface area contributed by atoms with Crippen molar-refractivity contribution in [2.75, 3.05) is 17.6 Å². The summed E-state index contributed by atoms with van der Waals surface area (Å²) >= 11 is 1.28. The molecule has 2 amide bonds. The van der Waals surface area contributed by atoms with E-state index in [0.717, 1.165) is 22.4 Å². The predicted molar refractivity (Wildman–Crippen MR) is 126 cm³/mol. The number of carbonyl (C=O) groups is 3. The molecule has 31 heavy (non-hydrogen) atoms. The van der Waals surface area contributed by atoms with Crippen LogP contribution in [-0.2, 0) is 15.0 Å². The lowest BCUT2D eigenvalue weighted by molar-refractivity contribution is -0.129. The van der Waals surface area contributed by atoms with Crippen molar-refractivity contribution in [1.29, 1.82) is 0 Å². The van der Waals surface area contributed by atoms with Crippen LogP contribution in [0.5, 0.6) is 0 Å². The van der Waals surface area contributed by atoms with Crippen molar-refractivity contribution in [3.8, 4) is 0 Å². The summed E-state index contributed by atoms with van der Waals surface area (Å²) in [6.45, 7) is 10.2. The van der Waals surface area contributed by atoms with E-state index < -0.39 is 0 Å². The number of anilines is 1. The molecule has 2 aromatic carbocycles. The second-order valence-electron chi connectivity index (χ2n) is 8.74. The number of ketones is 1. The van der Waals surface area contributed by atoms with E-state index in [-0.39, 0.29) is 35.3 Å². The van der Waals surface area contributed by atoms with E-state index in [9.17, 15) is 14.4 Å². The number of hydrogen-bond acceptors (Lipinski definition) is 4. The van der Waals surface area contributed by atoms with Gasteiger partial charge in [-0.15, -0.1) is 0 Å². The molecule has 0 radical (unpaired) electrons. The predicted octanol–water partition coefficient (Wildman–Crippen LogP) is 4.84. The third-order valence-electron chi connectivity index (χ3n) is 5.38. The maximum atomic E-state index is 12.7. The quantitative estimate of drug-likeness (QED) is 0.538. The Kier molecular flexibility index (Phi) is 6.70. The molecule has 1 aliphatic rings. The minimum atomic E-state index is -0.294. The zero-order valence-corrected chi connectivity index (χ0v) is 19.4. The molecule has 1 saturated heterocycles. The van der Waals surface area contributed by atoms with E-state index in [0.29, 0.717) is 10.6 Å². The van der Waals surface area contributed by atoms with Crippen LogP contribution in [0.2, 0.25) is 0 Å². The molecule has 0 atom stereocenters. The Morgan fingerprint density at radius 1 is 1.10 bits per heavy atom. The highest BCUT2D eigenvalue weighted by Gasteiger charge is 2.29. The van der Waals surface area contributed by atoms with Gasteiger partial charge in [-0.3, -0.25) is 19.3 Å². The molecule has 3 rings (SSSR count). The average Bonchev–Trinajstić information content (AvgIpc) is 3.04. The molecule has 0 aromatic heterocycles. The van der Waals surface area contributed by atoms with E-state index in [4.69, 9.17) is 0 Å². The van der Waals surface area contributed by atoms with Gasteiger partial charge >= 0.3 is 0 Å². The molecule has 0 spiro atoms. The zero-order chi connectivity index (χ0) is 22.8. The van der Waals surface area contributed by atoms with Gasteiger partial charge < -0.3 is 5.32 Å². The molecule has 2 aromatic rings. The number of allylic oxidation sites excluding steroid dienone is 1. The standard InChI is InChI=1S/C25H28N2O3S/c1-16-7-6-8-20(17(16)2)26-22(29)14-27-23(30)15-31-24(27)13-21(28)18-9-11-19(12-10-18)25(3,4)5/h6-13H,14-15H2,1-5H3,(H,26,29)/b24-13-. The van der Waals surface area contributed by atoms with Gasteiger partial charge in [0.05, 0.1) is 10.8 Å². The first kappa shape index (κ1) is 22.8. The van der Waals surface area contributed by atoms with Crippen molar-refractivity contribution in [3.05, 3.63) is 75.8 Å². The molecule has 162 valence electrons. The van der Waals surface area contributed by atoms with Crippen LogP contribution in [-0.4, -0.2) is 34.8 Å². The Labute approximate surface area is 187 Å². The molecular formula is C25H28N2O3S. The van der Waals surface area contributed by atoms with Gasteiger partial charge in [-0.2, -0.15) is 0 Å². The monoisotopic (exact) mass is 436 g/mol. The highest BCUT2D eigenvalue weighted by molar-refractivity contribution is 8.04. The molecule has 6 heteroatoms. The Bertz CT molecular complexity index is 1050. The van der Waals surface area contributed by atoms with Crippen LogP contribution in [0.15, 0.2) is 53.6 Å². The van der Waals surface area contributed by atoms with Gasteiger partial charge in [0.1, 0.15) is 6.54 Å². The van der Waals surface area contributed by atoms with Crippen LogP contribution in [0, 0.1) is 13.8 Å². The smallest absolute Gasteiger partial charge is 0.244 e. The Morgan fingerprint density at radius 2 is 1.77 bits per heavy atom. The molecule has 0 unspecified atom stereocenters. The third kappa shape index (κ3) is 5.44. The lowest BCUT2D eigenvalue weighted by Gasteiger charge is -2.19. The SMILES string of the molecule is Cc1cccc(NC(=O)CN2C(=O)CS/C2=C\C(=O)c2ccc(C(C)(C)C)cc2)c1C. The summed E-state index contributed by atoms with van der Waals surface area (Å²) in [5, 5.41) is 3.38. The van der Waals surface area contributed by atoms with Gasteiger partial charge in [0, 0.05) is 17.3 Å². The summed E-state index contributed by atoms with van der Waals surface area (Å²) in [5.41, 5.74) is 4.50. The van der Waals surface area contributed by atoms with Gasteiger partial charge in [-0.1, -0.05) is 68.9 Å². The summed E-state index contributed by atoms with van der Waals surface area (Å²) in [7, 11) is 0. The van der Waals surface area contributed by atoms with Crippen LogP contribution in [0.3, 0.4) is 0 Å². The summed E-state index contributed by atoms with van der Waals surface area (Å²) < 4.78 is 0. The van der Waals surface area contributed by atoms with Gasteiger partial charge in [0.25, 0.3) is 0 Å². The van der Waals surface area contributed by atoms with Gasteiger partial charge in [-0.25, -0.2) is 0 Å². The number of rotatable bonds is 5. The second-order valence-corrected chi connectivity index (χ2v) is 9.73. The van der Waals surface area contributed by atoms with Crippen molar-refractivity contribution in [2.45, 2.75) is 40.0 Å². The average molecular weight is 437 g/mol. The first-order chi connectivity index (χ1) is 14.6. The van der Waals surface area contributed by atoms with Gasteiger partial charge in [-0.05, 0) is 42.0 Å². The number of amides is 2. The largest absolute Gasteiger partial charge is 0.324 e. The highest BCUT2D eigenvalue weighted by Crippen LogP contribution is 2.30. The first-order valence-electron chi connectivity index (χ1n) is 10.2. The maximum Gasteiger partial charge on any atom is 0.244 e. The number of benzene rings is 2. The topological polar surface area (TPSA) is 66.5 Å². The van der Waals surface area contributed by atoms with Crippen LogP contribution in [0.1, 0.15) is 47.8 Å². The normalized spacial score (nSPS) is 15.5. The number of aryl methyl sites for hydroxylation is 1. The van der Waals surface area contributed by atoms with Crippen molar-refractivity contribution in [1.82, 2.24) is 4.90 Å². The molecule has 5 nitrogen and oxygen atoms in total. The number of hydrogen-bond donors (Lipinski definition) is 1. The molecule has 1 fully saturated rings. The Balaban J connectivity index is 1.73. The molecular weight excluding hydrogens is 408 g/mol. The zero-order valence-electron chi connectivity index (χ0n) is 18.6. The van der Waals surface area contributed by atoms with E-state index >= 15 is 0 Å². The fourth-order valence-electron chi connectivity index (χ4n) is 3.25. The Morgan fingerprint density at radius 3 is 2.42 bits per heavy atom. The summed E-state index contributed by atoms with van der Waals surface area (Å²) in [6, 6.07) is 13.2. The summed E-state index contributed by atoms with van der Waals surface area (Å²) in [5.74, 6) is -0.433. The number of nitrogens with one attached hydrogen (secondary N) is 1. The maximum absolute atomic E-state index is 12.7. The van der Waals surface area contributed by atoms with Crippen LogP contribution in [0.4, 0.5) is 5.69 Å². The van der Waals surface area contributed by atoms with E-state index in [1.165, 1.54) is 22.7 Å². The Hall–Kier alpha value is -2.86. The fourth-order valence-corrected chi connectivity index (χ4v) is 4.19. The number of nitrogens with zero attached hydrogens (tertiary/aromatic N) is 1. The molecule has 1 heterocycles. The minimum Gasteiger partial charge on any atom is -0.324 e. The molecule has 0 bridgehead atoms. The number of carbonyl (C=O) groups excluding carboxylic acids is 3. The lowest BCUT2D eigenvalue weighted by Crippen LogP contribution is -2.34. The second kappa shape index (κ2) is 9.10. The van der Waals surface area contributed by atoms with Gasteiger partial charge in [0.15, 0.2) is 5.78 Å².